The van der Waals surface area contributed by atoms with Gasteiger partial charge in [0.2, 0.25) is 5.60 Å². The molecule has 1 amide bonds. The standard InChI is InChI=1S/C29H27N10O2P/c40-28(33-42)41-29(25-19-37(34-30-25)16-22-10-4-1-5-11-22,26-20-38(35-31-26)17-23-12-6-2-7-13-23)27-21-39(36-32-27)18-24-14-8-3-9-15-24/h1-15,19-21H,16-18,42H2,(H,33,40). The van der Waals surface area contributed by atoms with Crippen molar-refractivity contribution in [2.75, 3.05) is 0 Å². The maximum Gasteiger partial charge on any atom is 0.411 e. The smallest absolute Gasteiger partial charge is 0.411 e. The highest BCUT2D eigenvalue weighted by Gasteiger charge is 2.49. The fourth-order valence-electron chi connectivity index (χ4n) is 4.64. The van der Waals surface area contributed by atoms with Crippen molar-refractivity contribution in [3.63, 3.8) is 0 Å². The number of ether oxygens (including phenoxy) is 1. The van der Waals surface area contributed by atoms with E-state index in [4.69, 9.17) is 4.74 Å². The molecule has 12 nitrogen and oxygen atoms in total. The normalized spacial score (nSPS) is 11.4. The zero-order chi connectivity index (χ0) is 28.8. The molecule has 1 unspecified atom stereocenters. The SMILES string of the molecule is O=C(NP)OC(c1cn(Cc2ccccc2)nn1)(c1cn(Cc2ccccc2)nn1)c1cn(Cc2ccccc2)nn1. The van der Waals surface area contributed by atoms with Crippen molar-refractivity contribution in [1.82, 2.24) is 50.1 Å². The molecule has 1 atom stereocenters. The van der Waals surface area contributed by atoms with Gasteiger partial charge in [0.25, 0.3) is 0 Å². The molecule has 1 N–H and O–H groups in total. The first-order chi connectivity index (χ1) is 20.6. The summed E-state index contributed by atoms with van der Waals surface area (Å²) >= 11 is 0. The molecule has 0 spiro atoms. The molecule has 0 fully saturated rings. The second-order valence-corrected chi connectivity index (χ2v) is 9.86. The lowest BCUT2D eigenvalue weighted by atomic mass is 9.92. The van der Waals surface area contributed by atoms with E-state index in [1.807, 2.05) is 91.0 Å². The molecule has 210 valence electrons. The van der Waals surface area contributed by atoms with Crippen molar-refractivity contribution < 1.29 is 9.53 Å². The number of nitrogens with zero attached hydrogens (tertiary/aromatic N) is 9. The first kappa shape index (κ1) is 27.0. The summed E-state index contributed by atoms with van der Waals surface area (Å²) in [6.45, 7) is 1.38. The van der Waals surface area contributed by atoms with Gasteiger partial charge in [-0.2, -0.15) is 0 Å². The van der Waals surface area contributed by atoms with E-state index in [0.717, 1.165) is 16.7 Å². The van der Waals surface area contributed by atoms with Gasteiger partial charge in [0, 0.05) is 0 Å². The largest absolute Gasteiger partial charge is 0.422 e. The molecule has 0 saturated carbocycles. The minimum Gasteiger partial charge on any atom is -0.422 e. The molecule has 0 radical (unpaired) electrons. The summed E-state index contributed by atoms with van der Waals surface area (Å²) in [6, 6.07) is 29.6. The molecular weight excluding hydrogens is 551 g/mol. The summed E-state index contributed by atoms with van der Waals surface area (Å²) in [5.74, 6) is 0. The summed E-state index contributed by atoms with van der Waals surface area (Å²) in [7, 11) is 2.15. The van der Waals surface area contributed by atoms with E-state index in [1.165, 1.54) is 0 Å². The number of hydrogen-bond acceptors (Lipinski definition) is 8. The van der Waals surface area contributed by atoms with Crippen LogP contribution >= 0.6 is 9.39 Å². The van der Waals surface area contributed by atoms with Crippen molar-refractivity contribution in [3.05, 3.63) is 143 Å². The van der Waals surface area contributed by atoms with Crippen LogP contribution in [0.25, 0.3) is 0 Å². The van der Waals surface area contributed by atoms with E-state index in [9.17, 15) is 4.79 Å². The van der Waals surface area contributed by atoms with Gasteiger partial charge in [0.1, 0.15) is 17.1 Å². The Balaban J connectivity index is 1.45. The lowest BCUT2D eigenvalue weighted by Crippen LogP contribution is -2.38. The Labute approximate surface area is 243 Å². The Bertz CT molecular complexity index is 1560. The molecule has 0 aliphatic heterocycles. The predicted octanol–water partition coefficient (Wildman–Crippen LogP) is 3.41. The second-order valence-electron chi connectivity index (χ2n) is 9.58. The highest BCUT2D eigenvalue weighted by atomic mass is 31.0. The van der Waals surface area contributed by atoms with Gasteiger partial charge in [-0.1, -0.05) is 107 Å². The third kappa shape index (κ3) is 5.79. The molecule has 0 saturated heterocycles. The van der Waals surface area contributed by atoms with Gasteiger partial charge in [0.05, 0.1) is 38.2 Å². The van der Waals surface area contributed by atoms with E-state index in [0.29, 0.717) is 36.7 Å². The third-order valence-corrected chi connectivity index (χ3v) is 6.86. The van der Waals surface area contributed by atoms with Gasteiger partial charge >= 0.3 is 6.09 Å². The van der Waals surface area contributed by atoms with Crippen LogP contribution in [-0.4, -0.2) is 51.1 Å². The molecule has 0 aliphatic carbocycles. The van der Waals surface area contributed by atoms with Crippen molar-refractivity contribution in [2.45, 2.75) is 25.2 Å². The van der Waals surface area contributed by atoms with Crippen LogP contribution < -0.4 is 5.09 Å². The van der Waals surface area contributed by atoms with Crippen LogP contribution in [0, 0.1) is 0 Å². The maximum absolute atomic E-state index is 12.9. The average molecular weight is 579 g/mol. The summed E-state index contributed by atoms with van der Waals surface area (Å²) in [5.41, 5.74) is 2.28. The Kier molecular flexibility index (Phi) is 7.78. The summed E-state index contributed by atoms with van der Waals surface area (Å²) in [6.07, 6.45) is 4.41. The number of nitrogens with one attached hydrogen (secondary N) is 1. The molecule has 6 rings (SSSR count). The number of rotatable bonds is 10. The van der Waals surface area contributed by atoms with Crippen LogP contribution in [0.3, 0.4) is 0 Å². The number of aromatic nitrogens is 9. The highest BCUT2D eigenvalue weighted by Crippen LogP contribution is 2.37. The first-order valence-electron chi connectivity index (χ1n) is 13.2. The van der Waals surface area contributed by atoms with Gasteiger partial charge in [-0.05, 0) is 26.1 Å². The monoisotopic (exact) mass is 578 g/mol. The Hall–Kier alpha value is -5.22. The molecular formula is C29H27N10O2P. The van der Waals surface area contributed by atoms with Crippen molar-refractivity contribution in [2.24, 2.45) is 0 Å². The van der Waals surface area contributed by atoms with E-state index in [1.54, 1.807) is 32.6 Å². The molecule has 0 aliphatic rings. The number of carbonyl (C=O) groups excluding carboxylic acids is 1. The summed E-state index contributed by atoms with van der Waals surface area (Å²) < 4.78 is 11.1. The molecule has 3 aromatic carbocycles. The van der Waals surface area contributed by atoms with Gasteiger partial charge in [-0.3, -0.25) is 0 Å². The van der Waals surface area contributed by atoms with Crippen molar-refractivity contribution >= 4 is 15.5 Å². The number of carbonyl (C=O) groups is 1. The van der Waals surface area contributed by atoms with Crippen molar-refractivity contribution in [1.29, 1.82) is 0 Å². The van der Waals surface area contributed by atoms with Crippen molar-refractivity contribution in [3.8, 4) is 0 Å². The summed E-state index contributed by atoms with van der Waals surface area (Å²) in [4.78, 5) is 12.9. The van der Waals surface area contributed by atoms with Crippen LogP contribution in [0.2, 0.25) is 0 Å². The van der Waals surface area contributed by atoms with E-state index < -0.39 is 11.7 Å². The fraction of sp³-hybridized carbons (Fsp3) is 0.138. The minimum absolute atomic E-state index is 0.297. The maximum atomic E-state index is 12.9. The molecule has 13 heteroatoms. The van der Waals surface area contributed by atoms with Gasteiger partial charge in [-0.25, -0.2) is 18.8 Å². The molecule has 0 bridgehead atoms. The topological polar surface area (TPSA) is 130 Å². The van der Waals surface area contributed by atoms with E-state index >= 15 is 0 Å². The molecule has 6 aromatic rings. The quantitative estimate of drug-likeness (QED) is 0.245. The molecule has 42 heavy (non-hydrogen) atoms. The van der Waals surface area contributed by atoms with Crippen LogP contribution in [0.4, 0.5) is 4.79 Å². The lowest BCUT2D eigenvalue weighted by molar-refractivity contribution is 0.0629. The average Bonchev–Trinajstić information content (AvgIpc) is 3.80. The lowest BCUT2D eigenvalue weighted by Gasteiger charge is -2.27. The second kappa shape index (κ2) is 12.1. The Morgan fingerprint density at radius 3 is 1.26 bits per heavy atom. The molecule has 3 aromatic heterocycles. The number of hydrogen-bond donors (Lipinski definition) is 1. The van der Waals surface area contributed by atoms with Gasteiger partial charge in [-0.15, -0.1) is 15.3 Å². The van der Waals surface area contributed by atoms with E-state index in [-0.39, 0.29) is 0 Å². The number of benzene rings is 3. The van der Waals surface area contributed by atoms with Crippen LogP contribution in [-0.2, 0) is 30.0 Å². The van der Waals surface area contributed by atoms with Crippen LogP contribution in [0.5, 0.6) is 0 Å². The highest BCUT2D eigenvalue weighted by molar-refractivity contribution is 7.15. The van der Waals surface area contributed by atoms with Gasteiger partial charge in [0.15, 0.2) is 0 Å². The number of amides is 1. The Morgan fingerprint density at radius 2 is 0.952 bits per heavy atom. The van der Waals surface area contributed by atoms with Crippen LogP contribution in [0.15, 0.2) is 110 Å². The zero-order valence-corrected chi connectivity index (χ0v) is 23.6. The van der Waals surface area contributed by atoms with E-state index in [2.05, 4.69) is 45.4 Å². The minimum atomic E-state index is -1.71. The zero-order valence-electron chi connectivity index (χ0n) is 22.4. The first-order valence-corrected chi connectivity index (χ1v) is 13.7. The fourth-order valence-corrected chi connectivity index (χ4v) is 4.70. The van der Waals surface area contributed by atoms with Crippen LogP contribution in [0.1, 0.15) is 33.8 Å². The van der Waals surface area contributed by atoms with Gasteiger partial charge < -0.3 is 9.82 Å². The summed E-state index contributed by atoms with van der Waals surface area (Å²) in [5, 5.41) is 28.9. The third-order valence-electron chi connectivity index (χ3n) is 6.62. The Morgan fingerprint density at radius 1 is 0.619 bits per heavy atom. The predicted molar refractivity (Wildman–Crippen MR) is 156 cm³/mol. The molecule has 3 heterocycles.